The maximum absolute atomic E-state index is 5.21. The molecule has 0 amide bonds. The second-order valence-electron chi connectivity index (χ2n) is 9.94. The summed E-state index contributed by atoms with van der Waals surface area (Å²) >= 11 is 0. The van der Waals surface area contributed by atoms with Gasteiger partial charge < -0.3 is 0 Å². The van der Waals surface area contributed by atoms with E-state index in [1.807, 2.05) is 0 Å². The number of hydrogen-bond acceptors (Lipinski definition) is 1. The normalized spacial score (nSPS) is 13.5. The fraction of sp³-hybridized carbons (Fsp3) is 0.0606. The Morgan fingerprint density at radius 1 is 0.571 bits per heavy atom. The van der Waals surface area contributed by atoms with Crippen LogP contribution in [0.4, 0.5) is 0 Å². The first kappa shape index (κ1) is 18.0. The van der Waals surface area contributed by atoms with Gasteiger partial charge >= 0.3 is 0 Å². The third-order valence-corrected chi connectivity index (χ3v) is 8.21. The van der Waals surface area contributed by atoms with Crippen LogP contribution in [-0.2, 0) is 12.8 Å². The van der Waals surface area contributed by atoms with E-state index in [2.05, 4.69) is 101 Å². The molecule has 0 spiro atoms. The Kier molecular flexibility index (Phi) is 3.16. The largest absolute Gasteiger partial charge is 0.291 e. The van der Waals surface area contributed by atoms with Crippen molar-refractivity contribution in [3.63, 3.8) is 0 Å². The molecule has 2 heteroatoms. The fourth-order valence-corrected chi connectivity index (χ4v) is 6.78. The van der Waals surface area contributed by atoms with Gasteiger partial charge in [-0.15, -0.1) is 0 Å². The van der Waals surface area contributed by atoms with Gasteiger partial charge in [0, 0.05) is 22.6 Å². The molecule has 0 aliphatic heterocycles. The maximum atomic E-state index is 5.21. The van der Waals surface area contributed by atoms with Crippen molar-refractivity contribution in [1.82, 2.24) is 9.38 Å². The molecule has 2 nitrogen and oxygen atoms in total. The number of rotatable bonds is 0. The van der Waals surface area contributed by atoms with Crippen LogP contribution in [0, 0.1) is 0 Å². The summed E-state index contributed by atoms with van der Waals surface area (Å²) in [5.74, 6) is 0. The number of hydrogen-bond donors (Lipinski definition) is 0. The molecule has 2 heterocycles. The van der Waals surface area contributed by atoms with Gasteiger partial charge in [0.25, 0.3) is 0 Å². The Morgan fingerprint density at radius 2 is 1.31 bits per heavy atom. The Balaban J connectivity index is 1.57. The number of imidazole rings is 1. The molecule has 2 aliphatic carbocycles. The molecular formula is C33H20N2. The average molecular weight is 445 g/mol. The van der Waals surface area contributed by atoms with Crippen molar-refractivity contribution >= 4 is 38.4 Å². The van der Waals surface area contributed by atoms with Crippen molar-refractivity contribution < 1.29 is 0 Å². The van der Waals surface area contributed by atoms with Crippen LogP contribution in [0.2, 0.25) is 0 Å². The molecule has 2 aliphatic rings. The Hall–Kier alpha value is -4.43. The van der Waals surface area contributed by atoms with Gasteiger partial charge in [-0.3, -0.25) is 4.40 Å². The summed E-state index contributed by atoms with van der Waals surface area (Å²) in [6.07, 6.45) is 1.96. The SMILES string of the molecule is c1ccc2c(c1)Cc1c-2ccc2c3c4c(ccc3c3nc5ccccc5n3c12)Cc1ccccc1-4. The molecule has 0 bridgehead atoms. The van der Waals surface area contributed by atoms with Crippen molar-refractivity contribution in [3.05, 3.63) is 119 Å². The Labute approximate surface area is 202 Å². The molecule has 0 radical (unpaired) electrons. The van der Waals surface area contributed by atoms with Crippen LogP contribution in [0.1, 0.15) is 22.3 Å². The van der Waals surface area contributed by atoms with Gasteiger partial charge in [-0.05, 0) is 63.1 Å². The van der Waals surface area contributed by atoms with Crippen LogP contribution in [0.15, 0.2) is 97.1 Å². The van der Waals surface area contributed by atoms with E-state index >= 15 is 0 Å². The van der Waals surface area contributed by atoms with E-state index in [-0.39, 0.29) is 0 Å². The third-order valence-electron chi connectivity index (χ3n) is 8.21. The summed E-state index contributed by atoms with van der Waals surface area (Å²) in [7, 11) is 0. The minimum atomic E-state index is 0.960. The average Bonchev–Trinajstić information content (AvgIpc) is 3.59. The van der Waals surface area contributed by atoms with Crippen molar-refractivity contribution in [1.29, 1.82) is 0 Å². The number of pyridine rings is 1. The van der Waals surface area contributed by atoms with Crippen LogP contribution in [0.5, 0.6) is 0 Å². The molecule has 0 saturated carbocycles. The first-order chi connectivity index (χ1) is 17.4. The highest BCUT2D eigenvalue weighted by Gasteiger charge is 2.27. The van der Waals surface area contributed by atoms with Crippen LogP contribution in [0.3, 0.4) is 0 Å². The lowest BCUT2D eigenvalue weighted by Crippen LogP contribution is -1.97. The summed E-state index contributed by atoms with van der Waals surface area (Å²) in [5.41, 5.74) is 15.8. The summed E-state index contributed by atoms with van der Waals surface area (Å²) in [6.45, 7) is 0. The molecule has 35 heavy (non-hydrogen) atoms. The summed E-state index contributed by atoms with van der Waals surface area (Å²) in [5, 5.41) is 3.92. The van der Waals surface area contributed by atoms with Gasteiger partial charge in [0.05, 0.1) is 16.6 Å². The number of nitrogens with zero attached hydrogens (tertiary/aromatic N) is 2. The first-order valence-corrected chi connectivity index (χ1v) is 12.3. The van der Waals surface area contributed by atoms with Crippen LogP contribution in [-0.4, -0.2) is 9.38 Å². The summed E-state index contributed by atoms with van der Waals surface area (Å²) in [4.78, 5) is 5.21. The van der Waals surface area contributed by atoms with E-state index in [1.54, 1.807) is 0 Å². The zero-order chi connectivity index (χ0) is 22.7. The molecule has 0 N–H and O–H groups in total. The standard InChI is InChI=1S/C33H20N2/c1-3-9-22-20(8-1)18-27-24(22)15-16-25-31-26(14-13-21-17-19-7-2-4-10-23(19)30(21)31)33-34-28-11-5-6-12-29(28)35(33)32(25)27/h1-16H,17-18H2. The molecule has 162 valence electrons. The van der Waals surface area contributed by atoms with Gasteiger partial charge in [-0.25, -0.2) is 4.98 Å². The van der Waals surface area contributed by atoms with E-state index in [0.29, 0.717) is 0 Å². The lowest BCUT2D eigenvalue weighted by Gasteiger charge is -2.16. The molecular weight excluding hydrogens is 424 g/mol. The summed E-state index contributed by atoms with van der Waals surface area (Å²) < 4.78 is 2.44. The van der Waals surface area contributed by atoms with E-state index < -0.39 is 0 Å². The molecule has 0 fully saturated rings. The van der Waals surface area contributed by atoms with E-state index in [0.717, 1.165) is 24.0 Å². The van der Waals surface area contributed by atoms with Gasteiger partial charge in [-0.1, -0.05) is 84.9 Å². The molecule has 0 atom stereocenters. The van der Waals surface area contributed by atoms with Crippen molar-refractivity contribution in [2.24, 2.45) is 0 Å². The van der Waals surface area contributed by atoms with E-state index in [4.69, 9.17) is 4.98 Å². The zero-order valence-corrected chi connectivity index (χ0v) is 19.0. The van der Waals surface area contributed by atoms with Crippen LogP contribution >= 0.6 is 0 Å². The lowest BCUT2D eigenvalue weighted by molar-refractivity contribution is 1.23. The molecule has 9 rings (SSSR count). The zero-order valence-electron chi connectivity index (χ0n) is 19.0. The summed E-state index contributed by atoms with van der Waals surface area (Å²) in [6, 6.07) is 35.7. The van der Waals surface area contributed by atoms with E-state index in [1.165, 1.54) is 71.7 Å². The number of fused-ring (bicyclic) bond motifs is 16. The third kappa shape index (κ3) is 2.14. The first-order valence-electron chi connectivity index (χ1n) is 12.3. The highest BCUT2D eigenvalue weighted by Crippen LogP contribution is 2.48. The van der Waals surface area contributed by atoms with Gasteiger partial charge in [0.1, 0.15) is 5.65 Å². The minimum Gasteiger partial charge on any atom is -0.291 e. The molecule has 7 aromatic rings. The van der Waals surface area contributed by atoms with Gasteiger partial charge in [-0.2, -0.15) is 0 Å². The highest BCUT2D eigenvalue weighted by molar-refractivity contribution is 6.21. The monoisotopic (exact) mass is 444 g/mol. The number of aromatic nitrogens is 2. The van der Waals surface area contributed by atoms with Crippen LogP contribution < -0.4 is 0 Å². The smallest absolute Gasteiger partial charge is 0.146 e. The van der Waals surface area contributed by atoms with Crippen LogP contribution in [0.25, 0.3) is 60.6 Å². The highest BCUT2D eigenvalue weighted by atomic mass is 15.0. The fourth-order valence-electron chi connectivity index (χ4n) is 6.78. The van der Waals surface area contributed by atoms with Crippen molar-refractivity contribution in [3.8, 4) is 22.3 Å². The number of benzene rings is 5. The second-order valence-corrected chi connectivity index (χ2v) is 9.94. The van der Waals surface area contributed by atoms with Crippen molar-refractivity contribution in [2.75, 3.05) is 0 Å². The minimum absolute atomic E-state index is 0.960. The van der Waals surface area contributed by atoms with Crippen molar-refractivity contribution in [2.45, 2.75) is 12.8 Å². The maximum Gasteiger partial charge on any atom is 0.146 e. The predicted octanol–water partition coefficient (Wildman–Crippen LogP) is 7.94. The predicted molar refractivity (Wildman–Crippen MR) is 144 cm³/mol. The molecule has 5 aromatic carbocycles. The number of para-hydroxylation sites is 2. The van der Waals surface area contributed by atoms with Gasteiger partial charge in [0.15, 0.2) is 0 Å². The molecule has 0 saturated heterocycles. The van der Waals surface area contributed by atoms with Gasteiger partial charge in [0.2, 0.25) is 0 Å². The Bertz CT molecular complexity index is 2060. The second kappa shape index (κ2) is 6.17. The molecule has 0 unspecified atom stereocenters. The van der Waals surface area contributed by atoms with E-state index in [9.17, 15) is 0 Å². The lowest BCUT2D eigenvalue weighted by atomic mass is 9.93. The Morgan fingerprint density at radius 3 is 2.23 bits per heavy atom. The molecule has 2 aromatic heterocycles. The topological polar surface area (TPSA) is 17.3 Å². The quantitative estimate of drug-likeness (QED) is 0.217.